The van der Waals surface area contributed by atoms with Crippen LogP contribution in [0.4, 0.5) is 0 Å². The summed E-state index contributed by atoms with van der Waals surface area (Å²) >= 11 is 0. The normalized spacial score (nSPS) is 12.3. The smallest absolute Gasteiger partial charge is 0.223 e. The molecule has 6 heteroatoms. The number of hydrogen-bond donors (Lipinski definition) is 2. The van der Waals surface area contributed by atoms with Gasteiger partial charge in [0, 0.05) is 44.2 Å². The number of unbranched alkanes of at least 4 members (excludes halogenated alkanes) is 12. The summed E-state index contributed by atoms with van der Waals surface area (Å²) in [7, 11) is 0. The second-order valence-corrected chi connectivity index (χ2v) is 12.1. The number of nitrogens with zero attached hydrogens (tertiary/aromatic N) is 3. The lowest BCUT2D eigenvalue weighted by molar-refractivity contribution is -0.125. The summed E-state index contributed by atoms with van der Waals surface area (Å²) in [5.41, 5.74) is 1.06. The van der Waals surface area contributed by atoms with Gasteiger partial charge in [0.05, 0.1) is 5.69 Å². The zero-order valence-electron chi connectivity index (χ0n) is 27.2. The molecule has 1 atom stereocenters. The van der Waals surface area contributed by atoms with Crippen LogP contribution < -0.4 is 10.6 Å². The average Bonchev–Trinajstić information content (AvgIpc) is 3.41. The molecule has 0 saturated heterocycles. The monoisotopic (exact) mass is 562 g/mol. The molecular weight excluding hydrogens is 494 g/mol. The van der Waals surface area contributed by atoms with Gasteiger partial charge in [-0.25, -0.2) is 0 Å². The van der Waals surface area contributed by atoms with Gasteiger partial charge in [-0.3, -0.25) is 9.48 Å². The molecule has 0 fully saturated rings. The minimum Gasteiger partial charge on any atom is -0.356 e. The fraction of sp³-hybridized carbons (Fsp3) is 0.912. The molecule has 0 aliphatic heterocycles. The molecule has 1 unspecified atom stereocenters. The number of aromatic nitrogens is 3. The molecule has 40 heavy (non-hydrogen) atoms. The van der Waals surface area contributed by atoms with Gasteiger partial charge in [0.25, 0.3) is 0 Å². The van der Waals surface area contributed by atoms with Crippen molar-refractivity contribution in [2.75, 3.05) is 13.1 Å². The van der Waals surface area contributed by atoms with Crippen molar-refractivity contribution in [3.8, 4) is 0 Å². The highest BCUT2D eigenvalue weighted by Crippen LogP contribution is 2.19. The summed E-state index contributed by atoms with van der Waals surface area (Å²) in [5.74, 6) is 0.443. The van der Waals surface area contributed by atoms with E-state index in [2.05, 4.69) is 54.8 Å². The van der Waals surface area contributed by atoms with E-state index in [0.29, 0.717) is 12.6 Å². The van der Waals surface area contributed by atoms with Crippen LogP contribution in [0.25, 0.3) is 0 Å². The molecule has 0 saturated carbocycles. The Hall–Kier alpha value is -1.43. The third-order valence-corrected chi connectivity index (χ3v) is 8.26. The number of aryl methyl sites for hydroxylation is 1. The predicted octanol–water partition coefficient (Wildman–Crippen LogP) is 8.78. The second-order valence-electron chi connectivity index (χ2n) is 12.1. The van der Waals surface area contributed by atoms with E-state index in [4.69, 9.17) is 0 Å². The molecule has 6 nitrogen and oxygen atoms in total. The van der Waals surface area contributed by atoms with Crippen LogP contribution in [0.1, 0.15) is 168 Å². The molecule has 2 N–H and O–H groups in total. The van der Waals surface area contributed by atoms with E-state index in [-0.39, 0.29) is 11.8 Å². The Bertz CT molecular complexity index is 680. The number of hydrogen-bond acceptors (Lipinski definition) is 4. The van der Waals surface area contributed by atoms with Crippen molar-refractivity contribution in [1.29, 1.82) is 0 Å². The molecule has 0 bridgehead atoms. The number of carbonyl (C=O) groups excluding carboxylic acids is 1. The summed E-state index contributed by atoms with van der Waals surface area (Å²) in [5, 5.41) is 15.8. The molecule has 1 amide bonds. The predicted molar refractivity (Wildman–Crippen MR) is 172 cm³/mol. The fourth-order valence-electron chi connectivity index (χ4n) is 5.59. The molecular formula is C34H67N5O. The zero-order valence-corrected chi connectivity index (χ0v) is 27.2. The largest absolute Gasteiger partial charge is 0.356 e. The zero-order chi connectivity index (χ0) is 29.1. The van der Waals surface area contributed by atoms with Crippen molar-refractivity contribution >= 4 is 5.91 Å². The third-order valence-electron chi connectivity index (χ3n) is 8.26. The first-order valence-corrected chi connectivity index (χ1v) is 17.5. The number of carbonyl (C=O) groups is 1. The number of nitrogens with one attached hydrogen (secondary N) is 2. The van der Waals surface area contributed by atoms with E-state index in [9.17, 15) is 4.79 Å². The van der Waals surface area contributed by atoms with Crippen molar-refractivity contribution in [1.82, 2.24) is 25.6 Å². The van der Waals surface area contributed by atoms with Gasteiger partial charge in [-0.05, 0) is 32.1 Å². The molecule has 0 radical (unpaired) electrons. The van der Waals surface area contributed by atoms with E-state index < -0.39 is 0 Å². The molecule has 234 valence electrons. The van der Waals surface area contributed by atoms with Crippen molar-refractivity contribution < 1.29 is 4.79 Å². The van der Waals surface area contributed by atoms with Gasteiger partial charge in [-0.1, -0.05) is 136 Å². The number of rotatable bonds is 29. The van der Waals surface area contributed by atoms with Crippen molar-refractivity contribution in [2.45, 2.75) is 182 Å². The Balaban J connectivity index is 2.34. The van der Waals surface area contributed by atoms with Crippen LogP contribution in [-0.4, -0.2) is 40.0 Å². The molecule has 0 aliphatic rings. The van der Waals surface area contributed by atoms with Crippen LogP contribution in [0.3, 0.4) is 0 Å². The lowest BCUT2D eigenvalue weighted by Gasteiger charge is -2.18. The van der Waals surface area contributed by atoms with Crippen LogP contribution >= 0.6 is 0 Å². The molecule has 1 aromatic rings. The Labute approximate surface area is 248 Å². The maximum atomic E-state index is 12.9. The van der Waals surface area contributed by atoms with E-state index in [1.165, 1.54) is 116 Å². The van der Waals surface area contributed by atoms with E-state index in [1.807, 2.05) is 4.68 Å². The Kier molecular flexibility index (Phi) is 24.2. The first-order valence-electron chi connectivity index (χ1n) is 17.5. The van der Waals surface area contributed by atoms with Crippen LogP contribution in [0.15, 0.2) is 6.20 Å². The highest BCUT2D eigenvalue weighted by atomic mass is 16.1. The summed E-state index contributed by atoms with van der Waals surface area (Å²) in [4.78, 5) is 12.9. The standard InChI is InChI=1S/C34H67N5O/c1-5-9-13-16-20-25-32(24-17-12-8-4)35-28-26-33-30-39(38-37-33)29-21-27-36-34(40)31(22-18-14-10-6-2)23-19-15-11-7-3/h30-32,35H,5-29H2,1-4H3,(H,36,40). The first kappa shape index (κ1) is 36.6. The molecule has 0 aliphatic carbocycles. The summed E-state index contributed by atoms with van der Waals surface area (Å²) < 4.78 is 1.95. The van der Waals surface area contributed by atoms with Crippen LogP contribution in [-0.2, 0) is 17.8 Å². The van der Waals surface area contributed by atoms with E-state index in [0.717, 1.165) is 44.5 Å². The van der Waals surface area contributed by atoms with E-state index >= 15 is 0 Å². The highest BCUT2D eigenvalue weighted by Gasteiger charge is 2.17. The van der Waals surface area contributed by atoms with Crippen LogP contribution in [0, 0.1) is 5.92 Å². The van der Waals surface area contributed by atoms with Crippen molar-refractivity contribution in [3.63, 3.8) is 0 Å². The van der Waals surface area contributed by atoms with Gasteiger partial charge in [0.15, 0.2) is 0 Å². The van der Waals surface area contributed by atoms with Crippen LogP contribution in [0.5, 0.6) is 0 Å². The fourth-order valence-corrected chi connectivity index (χ4v) is 5.59. The minimum atomic E-state index is 0.182. The van der Waals surface area contributed by atoms with Crippen molar-refractivity contribution in [3.05, 3.63) is 11.9 Å². The lowest BCUT2D eigenvalue weighted by Crippen LogP contribution is -2.32. The van der Waals surface area contributed by atoms with Crippen LogP contribution in [0.2, 0.25) is 0 Å². The molecule has 0 aromatic carbocycles. The molecule has 1 aromatic heterocycles. The highest BCUT2D eigenvalue weighted by molar-refractivity contribution is 5.78. The summed E-state index contributed by atoms with van der Waals surface area (Å²) in [6.07, 6.45) is 29.2. The average molecular weight is 562 g/mol. The number of amides is 1. The summed E-state index contributed by atoms with van der Waals surface area (Å²) in [6, 6.07) is 0.633. The van der Waals surface area contributed by atoms with Gasteiger partial charge in [0.1, 0.15) is 0 Å². The molecule has 1 heterocycles. The maximum Gasteiger partial charge on any atom is 0.223 e. The van der Waals surface area contributed by atoms with Gasteiger partial charge >= 0.3 is 0 Å². The van der Waals surface area contributed by atoms with Gasteiger partial charge in [0.2, 0.25) is 5.91 Å². The Morgan fingerprint density at radius 1 is 0.700 bits per heavy atom. The van der Waals surface area contributed by atoms with Gasteiger partial charge in [-0.2, -0.15) is 0 Å². The van der Waals surface area contributed by atoms with Crippen molar-refractivity contribution in [2.24, 2.45) is 5.92 Å². The summed E-state index contributed by atoms with van der Waals surface area (Å²) in [6.45, 7) is 11.5. The third kappa shape index (κ3) is 19.6. The second kappa shape index (κ2) is 26.5. The first-order chi connectivity index (χ1) is 19.6. The molecule has 1 rings (SSSR count). The van der Waals surface area contributed by atoms with E-state index in [1.54, 1.807) is 0 Å². The maximum absolute atomic E-state index is 12.9. The SMILES string of the molecule is CCCCCCCC(CCCCC)NCCc1cn(CCCNC(=O)C(CCCCCC)CCCCCC)nn1. The Morgan fingerprint density at radius 3 is 1.85 bits per heavy atom. The lowest BCUT2D eigenvalue weighted by atomic mass is 9.93. The quantitative estimate of drug-likeness (QED) is 0.0959. The topological polar surface area (TPSA) is 71.8 Å². The Morgan fingerprint density at radius 2 is 1.23 bits per heavy atom. The van der Waals surface area contributed by atoms with Gasteiger partial charge < -0.3 is 10.6 Å². The van der Waals surface area contributed by atoms with Gasteiger partial charge in [-0.15, -0.1) is 5.10 Å². The minimum absolute atomic E-state index is 0.182. The molecule has 0 spiro atoms.